The third-order valence-corrected chi connectivity index (χ3v) is 3.42. The Morgan fingerprint density at radius 2 is 1.74 bits per heavy atom. The standard InChI is InChI=1S/C18H22N2O3/c1-13(2)20(14-8-6-5-7-9-14)18(21)19-16-11-10-15(22-3)12-17(16)23-4/h5-13H,1-4H3,(H,19,21). The Hall–Kier alpha value is -2.69. The first-order chi connectivity index (χ1) is 11.1. The monoisotopic (exact) mass is 314 g/mol. The van der Waals surface area contributed by atoms with Crippen LogP contribution in [0.2, 0.25) is 0 Å². The number of carbonyl (C=O) groups excluding carboxylic acids is 1. The molecular formula is C18H22N2O3. The van der Waals surface area contributed by atoms with Crippen LogP contribution in [0.15, 0.2) is 48.5 Å². The zero-order valence-electron chi connectivity index (χ0n) is 13.9. The van der Waals surface area contributed by atoms with Crippen molar-refractivity contribution < 1.29 is 14.3 Å². The average Bonchev–Trinajstić information content (AvgIpc) is 2.56. The molecule has 0 atom stereocenters. The van der Waals surface area contributed by atoms with Gasteiger partial charge in [-0.05, 0) is 38.1 Å². The highest BCUT2D eigenvalue weighted by Crippen LogP contribution is 2.30. The summed E-state index contributed by atoms with van der Waals surface area (Å²) in [4.78, 5) is 14.4. The lowest BCUT2D eigenvalue weighted by Gasteiger charge is -2.27. The summed E-state index contributed by atoms with van der Waals surface area (Å²) in [5.74, 6) is 1.22. The van der Waals surface area contributed by atoms with Crippen LogP contribution in [0.5, 0.6) is 11.5 Å². The quantitative estimate of drug-likeness (QED) is 0.902. The van der Waals surface area contributed by atoms with E-state index in [0.29, 0.717) is 17.2 Å². The summed E-state index contributed by atoms with van der Waals surface area (Å²) >= 11 is 0. The first-order valence-corrected chi connectivity index (χ1v) is 7.44. The minimum absolute atomic E-state index is 0.0154. The fourth-order valence-corrected chi connectivity index (χ4v) is 2.32. The van der Waals surface area contributed by atoms with Crippen LogP contribution in [0.1, 0.15) is 13.8 Å². The molecule has 0 aliphatic heterocycles. The summed E-state index contributed by atoms with van der Waals surface area (Å²) < 4.78 is 10.5. The van der Waals surface area contributed by atoms with Crippen LogP contribution >= 0.6 is 0 Å². The van der Waals surface area contributed by atoms with Gasteiger partial charge >= 0.3 is 6.03 Å². The van der Waals surface area contributed by atoms with Crippen molar-refractivity contribution in [3.8, 4) is 11.5 Å². The van der Waals surface area contributed by atoms with Crippen molar-refractivity contribution in [2.24, 2.45) is 0 Å². The second-order valence-electron chi connectivity index (χ2n) is 5.30. The van der Waals surface area contributed by atoms with Gasteiger partial charge in [0.1, 0.15) is 11.5 Å². The summed E-state index contributed by atoms with van der Waals surface area (Å²) in [6, 6.07) is 14.6. The van der Waals surface area contributed by atoms with Gasteiger partial charge in [0.2, 0.25) is 0 Å². The number of rotatable bonds is 5. The normalized spacial score (nSPS) is 10.3. The smallest absolute Gasteiger partial charge is 0.326 e. The van der Waals surface area contributed by atoms with Crippen molar-refractivity contribution >= 4 is 17.4 Å². The molecule has 1 N–H and O–H groups in total. The number of carbonyl (C=O) groups is 1. The molecule has 2 aromatic rings. The van der Waals surface area contributed by atoms with Crippen LogP contribution in [0.4, 0.5) is 16.2 Å². The summed E-state index contributed by atoms with van der Waals surface area (Å²) in [5, 5.41) is 2.90. The number of methoxy groups -OCH3 is 2. The van der Waals surface area contributed by atoms with Crippen molar-refractivity contribution in [2.75, 3.05) is 24.4 Å². The molecule has 0 fully saturated rings. The van der Waals surface area contributed by atoms with Gasteiger partial charge in [0, 0.05) is 17.8 Å². The number of anilines is 2. The second kappa shape index (κ2) is 7.54. The van der Waals surface area contributed by atoms with Crippen LogP contribution in [-0.2, 0) is 0 Å². The lowest BCUT2D eigenvalue weighted by molar-refractivity contribution is 0.255. The van der Waals surface area contributed by atoms with E-state index >= 15 is 0 Å². The average molecular weight is 314 g/mol. The van der Waals surface area contributed by atoms with Crippen LogP contribution < -0.4 is 19.7 Å². The van der Waals surface area contributed by atoms with E-state index in [1.165, 1.54) is 0 Å². The topological polar surface area (TPSA) is 50.8 Å². The van der Waals surface area contributed by atoms with Crippen LogP contribution in [0, 0.1) is 0 Å². The lowest BCUT2D eigenvalue weighted by atomic mass is 10.2. The maximum Gasteiger partial charge on any atom is 0.326 e. The highest BCUT2D eigenvalue weighted by Gasteiger charge is 2.20. The largest absolute Gasteiger partial charge is 0.497 e. The van der Waals surface area contributed by atoms with Gasteiger partial charge < -0.3 is 14.8 Å². The minimum atomic E-state index is -0.213. The number of hydrogen-bond acceptors (Lipinski definition) is 3. The van der Waals surface area contributed by atoms with Crippen molar-refractivity contribution in [1.82, 2.24) is 0 Å². The molecule has 2 aromatic carbocycles. The first-order valence-electron chi connectivity index (χ1n) is 7.44. The van der Waals surface area contributed by atoms with E-state index < -0.39 is 0 Å². The predicted octanol–water partition coefficient (Wildman–Crippen LogP) is 4.15. The lowest BCUT2D eigenvalue weighted by Crippen LogP contribution is -2.40. The maximum atomic E-state index is 12.7. The Kier molecular flexibility index (Phi) is 5.46. The van der Waals surface area contributed by atoms with E-state index in [0.717, 1.165) is 5.69 Å². The Labute approximate surface area is 136 Å². The number of benzene rings is 2. The third-order valence-electron chi connectivity index (χ3n) is 3.42. The van der Waals surface area contributed by atoms with Gasteiger partial charge in [0.05, 0.1) is 19.9 Å². The summed E-state index contributed by atoms with van der Waals surface area (Å²) in [7, 11) is 3.14. The van der Waals surface area contributed by atoms with E-state index in [9.17, 15) is 4.79 Å². The van der Waals surface area contributed by atoms with Crippen LogP contribution in [-0.4, -0.2) is 26.3 Å². The molecule has 0 radical (unpaired) electrons. The highest BCUT2D eigenvalue weighted by molar-refractivity contribution is 6.03. The Morgan fingerprint density at radius 3 is 2.30 bits per heavy atom. The Morgan fingerprint density at radius 1 is 1.04 bits per heavy atom. The Bertz CT molecular complexity index is 657. The number of nitrogens with one attached hydrogen (secondary N) is 1. The molecule has 0 bridgehead atoms. The van der Waals surface area contributed by atoms with E-state index in [-0.39, 0.29) is 12.1 Å². The molecule has 0 aromatic heterocycles. The summed E-state index contributed by atoms with van der Waals surface area (Å²) in [6.07, 6.45) is 0. The third kappa shape index (κ3) is 3.94. The molecule has 5 heteroatoms. The molecule has 0 saturated carbocycles. The number of urea groups is 1. The van der Waals surface area contributed by atoms with E-state index in [1.807, 2.05) is 44.2 Å². The molecule has 0 spiro atoms. The van der Waals surface area contributed by atoms with Crippen LogP contribution in [0.3, 0.4) is 0 Å². The van der Waals surface area contributed by atoms with E-state index in [2.05, 4.69) is 5.32 Å². The molecule has 23 heavy (non-hydrogen) atoms. The SMILES string of the molecule is COc1ccc(NC(=O)N(c2ccccc2)C(C)C)c(OC)c1. The zero-order valence-corrected chi connectivity index (χ0v) is 13.9. The van der Waals surface area contributed by atoms with Gasteiger partial charge in [-0.25, -0.2) is 4.79 Å². The van der Waals surface area contributed by atoms with Gasteiger partial charge in [-0.2, -0.15) is 0 Å². The highest BCUT2D eigenvalue weighted by atomic mass is 16.5. The molecule has 0 aliphatic rings. The second-order valence-corrected chi connectivity index (χ2v) is 5.30. The van der Waals surface area contributed by atoms with E-state index in [4.69, 9.17) is 9.47 Å². The summed E-state index contributed by atoms with van der Waals surface area (Å²) in [6.45, 7) is 3.94. The first kappa shape index (κ1) is 16.7. The molecule has 5 nitrogen and oxygen atoms in total. The van der Waals surface area contributed by atoms with E-state index in [1.54, 1.807) is 37.3 Å². The number of ether oxygens (including phenoxy) is 2. The number of nitrogens with zero attached hydrogens (tertiary/aromatic N) is 1. The maximum absolute atomic E-state index is 12.7. The molecule has 0 saturated heterocycles. The summed E-state index contributed by atoms with van der Waals surface area (Å²) in [5.41, 5.74) is 1.44. The predicted molar refractivity (Wildman–Crippen MR) is 92.6 cm³/mol. The molecular weight excluding hydrogens is 292 g/mol. The number of amides is 2. The van der Waals surface area contributed by atoms with Crippen LogP contribution in [0.25, 0.3) is 0 Å². The fraction of sp³-hybridized carbons (Fsp3) is 0.278. The molecule has 0 heterocycles. The van der Waals surface area contributed by atoms with Gasteiger partial charge in [0.15, 0.2) is 0 Å². The number of hydrogen-bond donors (Lipinski definition) is 1. The zero-order chi connectivity index (χ0) is 16.8. The Balaban J connectivity index is 2.26. The van der Waals surface area contributed by atoms with Gasteiger partial charge in [0.25, 0.3) is 0 Å². The molecule has 2 rings (SSSR count). The van der Waals surface area contributed by atoms with Gasteiger partial charge in [-0.3, -0.25) is 4.90 Å². The van der Waals surface area contributed by atoms with Gasteiger partial charge in [-0.1, -0.05) is 18.2 Å². The fourth-order valence-electron chi connectivity index (χ4n) is 2.32. The molecule has 0 unspecified atom stereocenters. The number of para-hydroxylation sites is 1. The van der Waals surface area contributed by atoms with Crippen molar-refractivity contribution in [3.05, 3.63) is 48.5 Å². The van der Waals surface area contributed by atoms with Crippen molar-refractivity contribution in [3.63, 3.8) is 0 Å². The molecule has 122 valence electrons. The van der Waals surface area contributed by atoms with Crippen molar-refractivity contribution in [2.45, 2.75) is 19.9 Å². The molecule has 2 amide bonds. The molecule has 0 aliphatic carbocycles. The van der Waals surface area contributed by atoms with Gasteiger partial charge in [-0.15, -0.1) is 0 Å². The minimum Gasteiger partial charge on any atom is -0.497 e. The van der Waals surface area contributed by atoms with Crippen molar-refractivity contribution in [1.29, 1.82) is 0 Å².